The zero-order chi connectivity index (χ0) is 13.0. The Morgan fingerprint density at radius 3 is 3.06 bits per heavy atom. The predicted octanol–water partition coefficient (Wildman–Crippen LogP) is 2.36. The molecule has 1 heterocycles. The molecule has 1 aliphatic rings. The van der Waals surface area contributed by atoms with Crippen LogP contribution < -0.4 is 10.1 Å². The molecule has 4 heteroatoms. The third-order valence-electron chi connectivity index (χ3n) is 3.56. The maximum atomic E-state index is 9.66. The number of nitrogens with zero attached hydrogens (tertiary/aromatic N) is 1. The summed E-state index contributed by atoms with van der Waals surface area (Å²) in [5.74, 6) is 1.32. The highest BCUT2D eigenvalue weighted by molar-refractivity contribution is 5.55. The summed E-state index contributed by atoms with van der Waals surface area (Å²) >= 11 is 0. The zero-order valence-corrected chi connectivity index (χ0v) is 11.1. The van der Waals surface area contributed by atoms with E-state index in [0.29, 0.717) is 5.92 Å². The highest BCUT2D eigenvalue weighted by atomic mass is 16.5. The van der Waals surface area contributed by atoms with E-state index in [-0.39, 0.29) is 6.10 Å². The molecule has 0 amide bonds. The second-order valence-corrected chi connectivity index (χ2v) is 5.09. The summed E-state index contributed by atoms with van der Waals surface area (Å²) in [6, 6.07) is 2.00. The first-order chi connectivity index (χ1) is 8.69. The topological polar surface area (TPSA) is 54.4 Å². The van der Waals surface area contributed by atoms with Crippen LogP contribution in [0.4, 0.5) is 5.69 Å². The van der Waals surface area contributed by atoms with Crippen LogP contribution in [0.3, 0.4) is 0 Å². The standard InChI is InChI=1S/C14H22N2O2/c1-10-6-13(14(18-2)9-15-10)16-8-11-4-3-5-12(17)7-11/h6,9,11-12,17H,3-5,7-8H2,1-2H3,(H,15,16). The van der Waals surface area contributed by atoms with Crippen LogP contribution in [0.1, 0.15) is 31.4 Å². The Hall–Kier alpha value is -1.29. The molecule has 1 aromatic rings. The number of anilines is 1. The van der Waals surface area contributed by atoms with Gasteiger partial charge in [0.1, 0.15) is 0 Å². The molecule has 0 radical (unpaired) electrons. The second kappa shape index (κ2) is 6.05. The number of nitrogens with one attached hydrogen (secondary N) is 1. The fourth-order valence-electron chi connectivity index (χ4n) is 2.55. The lowest BCUT2D eigenvalue weighted by Crippen LogP contribution is -2.25. The van der Waals surface area contributed by atoms with Gasteiger partial charge in [-0.05, 0) is 38.2 Å². The summed E-state index contributed by atoms with van der Waals surface area (Å²) in [5.41, 5.74) is 1.96. The number of pyridine rings is 1. The van der Waals surface area contributed by atoms with E-state index in [1.165, 1.54) is 6.42 Å². The number of aliphatic hydroxyl groups excluding tert-OH is 1. The number of hydrogen-bond acceptors (Lipinski definition) is 4. The third kappa shape index (κ3) is 3.35. The van der Waals surface area contributed by atoms with Crippen LogP contribution in [0.2, 0.25) is 0 Å². The van der Waals surface area contributed by atoms with Gasteiger partial charge in [0.2, 0.25) is 0 Å². The predicted molar refractivity (Wildman–Crippen MR) is 72.0 cm³/mol. The summed E-state index contributed by atoms with van der Waals surface area (Å²) in [7, 11) is 1.65. The molecule has 2 unspecified atom stereocenters. The smallest absolute Gasteiger partial charge is 0.160 e. The second-order valence-electron chi connectivity index (χ2n) is 5.09. The lowest BCUT2D eigenvalue weighted by molar-refractivity contribution is 0.104. The van der Waals surface area contributed by atoms with Crippen molar-refractivity contribution in [1.29, 1.82) is 0 Å². The molecule has 0 spiro atoms. The fourth-order valence-corrected chi connectivity index (χ4v) is 2.55. The van der Waals surface area contributed by atoms with Gasteiger partial charge in [-0.2, -0.15) is 0 Å². The average molecular weight is 250 g/mol. The van der Waals surface area contributed by atoms with Crippen LogP contribution in [-0.4, -0.2) is 29.8 Å². The minimum absolute atomic E-state index is 0.119. The Kier molecular flexibility index (Phi) is 4.42. The zero-order valence-electron chi connectivity index (χ0n) is 11.1. The van der Waals surface area contributed by atoms with E-state index < -0.39 is 0 Å². The van der Waals surface area contributed by atoms with Crippen molar-refractivity contribution < 1.29 is 9.84 Å². The maximum Gasteiger partial charge on any atom is 0.160 e. The van der Waals surface area contributed by atoms with E-state index in [2.05, 4.69) is 10.3 Å². The van der Waals surface area contributed by atoms with Gasteiger partial charge in [-0.3, -0.25) is 4.98 Å². The average Bonchev–Trinajstić information content (AvgIpc) is 2.37. The molecular weight excluding hydrogens is 228 g/mol. The molecule has 1 saturated carbocycles. The molecule has 2 rings (SSSR count). The molecule has 0 saturated heterocycles. The third-order valence-corrected chi connectivity index (χ3v) is 3.56. The molecule has 18 heavy (non-hydrogen) atoms. The van der Waals surface area contributed by atoms with Crippen molar-refractivity contribution in [2.45, 2.75) is 38.7 Å². The molecule has 2 atom stereocenters. The Morgan fingerprint density at radius 1 is 1.50 bits per heavy atom. The van der Waals surface area contributed by atoms with Gasteiger partial charge in [0, 0.05) is 12.2 Å². The first-order valence-electron chi connectivity index (χ1n) is 6.61. The van der Waals surface area contributed by atoms with Gasteiger partial charge < -0.3 is 15.2 Å². The van der Waals surface area contributed by atoms with Crippen LogP contribution in [-0.2, 0) is 0 Å². The molecule has 0 aliphatic heterocycles. The Bertz CT molecular complexity index is 395. The summed E-state index contributed by atoms with van der Waals surface area (Å²) in [6.45, 7) is 2.85. The number of aromatic nitrogens is 1. The summed E-state index contributed by atoms with van der Waals surface area (Å²) in [6.07, 6.45) is 5.80. The first kappa shape index (κ1) is 13.1. The van der Waals surface area contributed by atoms with Crippen molar-refractivity contribution >= 4 is 5.69 Å². The maximum absolute atomic E-state index is 9.66. The van der Waals surface area contributed by atoms with Gasteiger partial charge in [-0.25, -0.2) is 0 Å². The molecule has 100 valence electrons. The van der Waals surface area contributed by atoms with Crippen molar-refractivity contribution in [3.05, 3.63) is 18.0 Å². The van der Waals surface area contributed by atoms with Crippen molar-refractivity contribution in [3.63, 3.8) is 0 Å². The van der Waals surface area contributed by atoms with Crippen LogP contribution in [0.25, 0.3) is 0 Å². The van der Waals surface area contributed by atoms with Gasteiger partial charge in [-0.15, -0.1) is 0 Å². The minimum Gasteiger partial charge on any atom is -0.493 e. The van der Waals surface area contributed by atoms with Crippen LogP contribution >= 0.6 is 0 Å². The molecule has 0 bridgehead atoms. The van der Waals surface area contributed by atoms with Gasteiger partial charge in [0.25, 0.3) is 0 Å². The van der Waals surface area contributed by atoms with Crippen molar-refractivity contribution in [3.8, 4) is 5.75 Å². The molecule has 1 fully saturated rings. The van der Waals surface area contributed by atoms with Gasteiger partial charge in [0.15, 0.2) is 5.75 Å². The highest BCUT2D eigenvalue weighted by Crippen LogP contribution is 2.27. The molecule has 1 aromatic heterocycles. The van der Waals surface area contributed by atoms with Crippen LogP contribution in [0.15, 0.2) is 12.3 Å². The minimum atomic E-state index is -0.119. The Morgan fingerprint density at radius 2 is 2.33 bits per heavy atom. The quantitative estimate of drug-likeness (QED) is 0.861. The van der Waals surface area contributed by atoms with E-state index in [1.54, 1.807) is 13.3 Å². The van der Waals surface area contributed by atoms with Crippen molar-refractivity contribution in [2.75, 3.05) is 19.0 Å². The Balaban J connectivity index is 1.94. The van der Waals surface area contributed by atoms with Gasteiger partial charge >= 0.3 is 0 Å². The van der Waals surface area contributed by atoms with Crippen molar-refractivity contribution in [2.24, 2.45) is 5.92 Å². The van der Waals surface area contributed by atoms with Crippen LogP contribution in [0.5, 0.6) is 5.75 Å². The number of aryl methyl sites for hydroxylation is 1. The van der Waals surface area contributed by atoms with Gasteiger partial charge in [-0.1, -0.05) is 6.42 Å². The monoisotopic (exact) mass is 250 g/mol. The van der Waals surface area contributed by atoms with Gasteiger partial charge in [0.05, 0.1) is 25.1 Å². The van der Waals surface area contributed by atoms with Crippen LogP contribution in [0, 0.1) is 12.8 Å². The van der Waals surface area contributed by atoms with E-state index >= 15 is 0 Å². The first-order valence-corrected chi connectivity index (χ1v) is 6.61. The number of rotatable bonds is 4. The lowest BCUT2D eigenvalue weighted by Gasteiger charge is -2.26. The molecular formula is C14H22N2O2. The number of aliphatic hydroxyl groups is 1. The summed E-state index contributed by atoms with van der Waals surface area (Å²) < 4.78 is 5.29. The number of hydrogen-bond donors (Lipinski definition) is 2. The SMILES string of the molecule is COc1cnc(C)cc1NCC1CCCC(O)C1. The number of ether oxygens (including phenoxy) is 1. The van der Waals surface area contributed by atoms with E-state index in [1.807, 2.05) is 13.0 Å². The molecule has 4 nitrogen and oxygen atoms in total. The molecule has 2 N–H and O–H groups in total. The highest BCUT2D eigenvalue weighted by Gasteiger charge is 2.20. The van der Waals surface area contributed by atoms with E-state index in [9.17, 15) is 5.11 Å². The van der Waals surface area contributed by atoms with E-state index in [4.69, 9.17) is 4.74 Å². The largest absolute Gasteiger partial charge is 0.493 e. The van der Waals surface area contributed by atoms with E-state index in [0.717, 1.165) is 42.9 Å². The Labute approximate surface area is 108 Å². The molecule has 0 aromatic carbocycles. The molecule has 1 aliphatic carbocycles. The van der Waals surface area contributed by atoms with Crippen molar-refractivity contribution in [1.82, 2.24) is 4.98 Å². The summed E-state index contributed by atoms with van der Waals surface area (Å²) in [5, 5.41) is 13.1. The summed E-state index contributed by atoms with van der Waals surface area (Å²) in [4.78, 5) is 4.21. The lowest BCUT2D eigenvalue weighted by atomic mass is 9.87. The number of methoxy groups -OCH3 is 1. The fraction of sp³-hybridized carbons (Fsp3) is 0.643. The normalized spacial score (nSPS) is 23.7.